The van der Waals surface area contributed by atoms with Gasteiger partial charge in [0.15, 0.2) is 0 Å². The van der Waals surface area contributed by atoms with Gasteiger partial charge in [0.2, 0.25) is 5.91 Å². The predicted octanol–water partition coefficient (Wildman–Crippen LogP) is 2.15. The van der Waals surface area contributed by atoms with Crippen LogP contribution in [0, 0.1) is 11.8 Å². The molecule has 1 aromatic rings. The summed E-state index contributed by atoms with van der Waals surface area (Å²) in [4.78, 5) is 18.4. The van der Waals surface area contributed by atoms with Gasteiger partial charge in [-0.1, -0.05) is 19.9 Å². The first-order valence-electron chi connectivity index (χ1n) is 7.30. The molecule has 1 aliphatic heterocycles. The number of carbonyl (C=O) groups excluding carboxylic acids is 1. The van der Waals surface area contributed by atoms with Crippen LogP contribution in [0.1, 0.15) is 38.7 Å². The molecule has 20 heavy (non-hydrogen) atoms. The van der Waals surface area contributed by atoms with Gasteiger partial charge in [-0.05, 0) is 30.7 Å². The molecule has 1 amide bonds. The van der Waals surface area contributed by atoms with Crippen LogP contribution in [0.25, 0.3) is 0 Å². The van der Waals surface area contributed by atoms with Gasteiger partial charge in [-0.25, -0.2) is 10.8 Å². The number of anilines is 1. The lowest BCUT2D eigenvalue weighted by atomic mass is 9.89. The minimum absolute atomic E-state index is 0.236. The van der Waals surface area contributed by atoms with Crippen LogP contribution in [-0.4, -0.2) is 22.3 Å². The van der Waals surface area contributed by atoms with Gasteiger partial charge < -0.3 is 10.3 Å². The number of nitrogen functional groups attached to an aromatic ring is 1. The van der Waals surface area contributed by atoms with E-state index in [9.17, 15) is 4.79 Å². The van der Waals surface area contributed by atoms with Crippen molar-refractivity contribution in [1.82, 2.24) is 9.88 Å². The van der Waals surface area contributed by atoms with Crippen molar-refractivity contribution in [1.29, 1.82) is 0 Å². The number of carbonyl (C=O) groups is 1. The Labute approximate surface area is 120 Å². The molecule has 1 aromatic heterocycles. The molecule has 2 rings (SSSR count). The number of likely N-dealkylation sites (tertiary alicyclic amines) is 1. The fourth-order valence-electron chi connectivity index (χ4n) is 2.79. The Bertz CT molecular complexity index is 461. The van der Waals surface area contributed by atoms with Crippen molar-refractivity contribution in [3.05, 3.63) is 23.9 Å². The predicted molar refractivity (Wildman–Crippen MR) is 79.6 cm³/mol. The second-order valence-corrected chi connectivity index (χ2v) is 5.80. The Hall–Kier alpha value is -1.62. The van der Waals surface area contributed by atoms with Gasteiger partial charge in [-0.2, -0.15) is 0 Å². The number of pyridine rings is 1. The van der Waals surface area contributed by atoms with Crippen LogP contribution in [0.4, 0.5) is 5.82 Å². The average molecular weight is 276 g/mol. The van der Waals surface area contributed by atoms with Gasteiger partial charge in [0, 0.05) is 31.3 Å². The third-order valence-corrected chi connectivity index (χ3v) is 4.18. The first-order valence-corrected chi connectivity index (χ1v) is 7.30. The fourth-order valence-corrected chi connectivity index (χ4v) is 2.79. The van der Waals surface area contributed by atoms with Crippen LogP contribution < -0.4 is 11.3 Å². The van der Waals surface area contributed by atoms with E-state index in [0.29, 0.717) is 30.6 Å². The summed E-state index contributed by atoms with van der Waals surface area (Å²) in [6.07, 6.45) is 4.42. The maximum absolute atomic E-state index is 12.2. The average Bonchev–Trinajstić information content (AvgIpc) is 2.62. The van der Waals surface area contributed by atoms with E-state index >= 15 is 0 Å². The fraction of sp³-hybridized carbons (Fsp3) is 0.600. The minimum Gasteiger partial charge on any atom is -0.338 e. The number of nitrogens with one attached hydrogen (secondary N) is 1. The summed E-state index contributed by atoms with van der Waals surface area (Å²) in [6, 6.07) is 3.83. The van der Waals surface area contributed by atoms with E-state index in [1.165, 1.54) is 0 Å². The zero-order valence-corrected chi connectivity index (χ0v) is 12.3. The molecule has 1 atom stereocenters. The number of rotatable bonds is 4. The van der Waals surface area contributed by atoms with E-state index < -0.39 is 0 Å². The Balaban J connectivity index is 2.06. The largest absolute Gasteiger partial charge is 0.338 e. The maximum atomic E-state index is 12.2. The zero-order chi connectivity index (χ0) is 14.5. The smallest absolute Gasteiger partial charge is 0.222 e. The number of aromatic nitrogens is 1. The number of hydrogen-bond acceptors (Lipinski definition) is 4. The molecule has 1 unspecified atom stereocenters. The molecule has 1 fully saturated rings. The van der Waals surface area contributed by atoms with E-state index in [0.717, 1.165) is 24.9 Å². The molecule has 0 saturated carbocycles. The van der Waals surface area contributed by atoms with Gasteiger partial charge >= 0.3 is 0 Å². The molecule has 0 spiro atoms. The van der Waals surface area contributed by atoms with Crippen LogP contribution >= 0.6 is 0 Å². The summed E-state index contributed by atoms with van der Waals surface area (Å²) in [5, 5.41) is 0. The molecule has 0 radical (unpaired) electrons. The molecule has 0 aromatic carbocycles. The highest BCUT2D eigenvalue weighted by Gasteiger charge is 2.24. The van der Waals surface area contributed by atoms with Crippen LogP contribution in [-0.2, 0) is 11.3 Å². The summed E-state index contributed by atoms with van der Waals surface area (Å²) in [6.45, 7) is 5.88. The third kappa shape index (κ3) is 3.48. The summed E-state index contributed by atoms with van der Waals surface area (Å²) in [7, 11) is 0. The highest BCUT2D eigenvalue weighted by molar-refractivity contribution is 5.76. The summed E-state index contributed by atoms with van der Waals surface area (Å²) >= 11 is 0. The topological polar surface area (TPSA) is 71.2 Å². The van der Waals surface area contributed by atoms with Gasteiger partial charge in [0.05, 0.1) is 0 Å². The van der Waals surface area contributed by atoms with Crippen LogP contribution in [0.3, 0.4) is 0 Å². The molecule has 5 heteroatoms. The molecule has 5 nitrogen and oxygen atoms in total. The van der Waals surface area contributed by atoms with E-state index in [2.05, 4.69) is 24.3 Å². The van der Waals surface area contributed by atoms with Crippen molar-refractivity contribution in [2.45, 2.75) is 39.7 Å². The summed E-state index contributed by atoms with van der Waals surface area (Å²) in [5.74, 6) is 7.63. The number of nitrogens with zero attached hydrogens (tertiary/aromatic N) is 2. The van der Waals surface area contributed by atoms with E-state index in [1.54, 1.807) is 6.20 Å². The number of nitrogens with two attached hydrogens (primary N) is 1. The van der Waals surface area contributed by atoms with Crippen molar-refractivity contribution >= 4 is 11.7 Å². The Morgan fingerprint density at radius 3 is 3.00 bits per heavy atom. The van der Waals surface area contributed by atoms with Crippen molar-refractivity contribution in [3.63, 3.8) is 0 Å². The molecule has 1 aliphatic rings. The van der Waals surface area contributed by atoms with Crippen LogP contribution in [0.5, 0.6) is 0 Å². The first kappa shape index (κ1) is 14.8. The molecule has 1 saturated heterocycles. The minimum atomic E-state index is 0.236. The molecule has 110 valence electrons. The first-order chi connectivity index (χ1) is 9.61. The third-order valence-electron chi connectivity index (χ3n) is 4.18. The van der Waals surface area contributed by atoms with Gasteiger partial charge in [-0.15, -0.1) is 0 Å². The Morgan fingerprint density at radius 1 is 1.50 bits per heavy atom. The Morgan fingerprint density at radius 2 is 2.30 bits per heavy atom. The summed E-state index contributed by atoms with van der Waals surface area (Å²) < 4.78 is 0. The lowest BCUT2D eigenvalue weighted by Crippen LogP contribution is -2.30. The molecule has 0 aliphatic carbocycles. The van der Waals surface area contributed by atoms with Gasteiger partial charge in [0.25, 0.3) is 0 Å². The second-order valence-electron chi connectivity index (χ2n) is 5.80. The van der Waals surface area contributed by atoms with Gasteiger partial charge in [0.1, 0.15) is 5.82 Å². The van der Waals surface area contributed by atoms with Gasteiger partial charge in [-0.3, -0.25) is 4.79 Å². The van der Waals surface area contributed by atoms with E-state index in [-0.39, 0.29) is 5.91 Å². The highest BCUT2D eigenvalue weighted by atomic mass is 16.2. The number of hydrogen-bond donors (Lipinski definition) is 2. The molecule has 3 N–H and O–H groups in total. The quantitative estimate of drug-likeness (QED) is 0.653. The molecule has 0 bridgehead atoms. The van der Waals surface area contributed by atoms with Crippen LogP contribution in [0.2, 0.25) is 0 Å². The number of amides is 1. The maximum Gasteiger partial charge on any atom is 0.222 e. The molecule has 2 heterocycles. The van der Waals surface area contributed by atoms with Crippen molar-refractivity contribution in [2.75, 3.05) is 12.0 Å². The van der Waals surface area contributed by atoms with Crippen LogP contribution in [0.15, 0.2) is 18.3 Å². The van der Waals surface area contributed by atoms with E-state index in [4.69, 9.17) is 5.84 Å². The Kier molecular flexibility index (Phi) is 4.95. The lowest BCUT2D eigenvalue weighted by Gasteiger charge is -2.22. The monoisotopic (exact) mass is 276 g/mol. The lowest BCUT2D eigenvalue weighted by molar-refractivity contribution is -0.131. The van der Waals surface area contributed by atoms with E-state index in [1.807, 2.05) is 17.0 Å². The van der Waals surface area contributed by atoms with Crippen molar-refractivity contribution in [3.8, 4) is 0 Å². The summed E-state index contributed by atoms with van der Waals surface area (Å²) in [5.41, 5.74) is 3.56. The zero-order valence-electron chi connectivity index (χ0n) is 12.3. The SMILES string of the molecule is CC(C)C1CCC(=O)N(Cc2cccnc2NN)CC1. The molecular formula is C15H24N4O. The molecular weight excluding hydrogens is 252 g/mol. The van der Waals surface area contributed by atoms with Crippen molar-refractivity contribution < 1.29 is 4.79 Å². The second kappa shape index (κ2) is 6.70. The normalized spacial score (nSPS) is 20.1. The standard InChI is InChI=1S/C15H24N4O/c1-11(2)12-5-6-14(20)19(9-7-12)10-13-4-3-8-17-15(13)18-16/h3-4,8,11-12H,5-7,9-10,16H2,1-2H3,(H,17,18). The van der Waals surface area contributed by atoms with Crippen molar-refractivity contribution in [2.24, 2.45) is 17.7 Å². The highest BCUT2D eigenvalue weighted by Crippen LogP contribution is 2.26. The number of hydrazine groups is 1.